The maximum Gasteiger partial charge on any atom is 0.281 e. The molecule has 7 heteroatoms. The number of methoxy groups -OCH3 is 1. The predicted octanol–water partition coefficient (Wildman–Crippen LogP) is 2.76. The average Bonchev–Trinajstić information content (AvgIpc) is 2.99. The van der Waals surface area contributed by atoms with Crippen LogP contribution in [0.3, 0.4) is 0 Å². The van der Waals surface area contributed by atoms with Gasteiger partial charge in [-0.1, -0.05) is 13.8 Å². The summed E-state index contributed by atoms with van der Waals surface area (Å²) in [7, 11) is 1.60. The highest BCUT2D eigenvalue weighted by Crippen LogP contribution is 2.32. The molecule has 0 atom stereocenters. The molecule has 0 saturated carbocycles. The number of hydrogen-bond acceptors (Lipinski definition) is 5. The van der Waals surface area contributed by atoms with Gasteiger partial charge in [0.05, 0.1) is 30.7 Å². The highest BCUT2D eigenvalue weighted by molar-refractivity contribution is 6.57. The van der Waals surface area contributed by atoms with Crippen molar-refractivity contribution in [1.82, 2.24) is 10.3 Å². The van der Waals surface area contributed by atoms with Crippen LogP contribution in [0.15, 0.2) is 28.9 Å². The van der Waals surface area contributed by atoms with Gasteiger partial charge < -0.3 is 24.0 Å². The Morgan fingerprint density at radius 3 is 2.83 bits per heavy atom. The van der Waals surface area contributed by atoms with Gasteiger partial charge in [0.25, 0.3) is 16.3 Å². The van der Waals surface area contributed by atoms with Crippen molar-refractivity contribution in [2.45, 2.75) is 20.4 Å². The molecule has 120 valence electrons. The first kappa shape index (κ1) is 17.4. The van der Waals surface area contributed by atoms with E-state index in [9.17, 15) is 4.79 Å². The van der Waals surface area contributed by atoms with Crippen LogP contribution in [0.4, 0.5) is 4.79 Å². The lowest BCUT2D eigenvalue weighted by atomic mass is 10.2. The van der Waals surface area contributed by atoms with Gasteiger partial charge in [0.15, 0.2) is 11.5 Å². The summed E-state index contributed by atoms with van der Waals surface area (Å²) < 4.78 is 16.4. The van der Waals surface area contributed by atoms with E-state index in [4.69, 9.17) is 13.9 Å². The zero-order valence-electron chi connectivity index (χ0n) is 13.5. The van der Waals surface area contributed by atoms with Crippen LogP contribution in [-0.2, 0) is 6.54 Å². The van der Waals surface area contributed by atoms with Crippen LogP contribution in [0.25, 0.3) is 11.5 Å². The second-order valence-corrected chi connectivity index (χ2v) is 5.96. The first-order valence-electron chi connectivity index (χ1n) is 7.28. The Hall–Kier alpha value is -1.97. The summed E-state index contributed by atoms with van der Waals surface area (Å²) in [6.07, 6.45) is 1.52. The van der Waals surface area contributed by atoms with E-state index in [1.165, 1.54) is 6.26 Å². The number of nitrogens with one attached hydrogen (secondary N) is 1. The largest absolute Gasteiger partial charge is 0.493 e. The van der Waals surface area contributed by atoms with Gasteiger partial charge in [0.1, 0.15) is 6.26 Å². The van der Waals surface area contributed by atoms with Gasteiger partial charge >= 0.3 is 0 Å². The third kappa shape index (κ3) is 5.02. The van der Waals surface area contributed by atoms with Crippen molar-refractivity contribution in [2.75, 3.05) is 13.7 Å². The van der Waals surface area contributed by atoms with Crippen molar-refractivity contribution in [3.8, 4) is 23.0 Å². The number of ether oxygens (including phenoxy) is 2. The minimum Gasteiger partial charge on any atom is -0.493 e. The molecule has 2 aromatic rings. The van der Waals surface area contributed by atoms with Crippen LogP contribution in [-0.4, -0.2) is 39.8 Å². The highest BCUT2D eigenvalue weighted by Gasteiger charge is 2.12. The zero-order chi connectivity index (χ0) is 16.8. The van der Waals surface area contributed by atoms with E-state index in [-0.39, 0.29) is 4.77 Å². The van der Waals surface area contributed by atoms with Gasteiger partial charge in [-0.3, -0.25) is 0 Å². The van der Waals surface area contributed by atoms with Gasteiger partial charge in [0, 0.05) is 5.56 Å². The predicted molar refractivity (Wildman–Crippen MR) is 86.8 cm³/mol. The molecular weight excluding hydrogens is 311 g/mol. The summed E-state index contributed by atoms with van der Waals surface area (Å²) >= 11 is 2.06. The van der Waals surface area contributed by atoms with E-state index in [0.29, 0.717) is 42.2 Å². The van der Waals surface area contributed by atoms with E-state index in [2.05, 4.69) is 40.4 Å². The fourth-order valence-electron chi connectivity index (χ4n) is 1.88. The number of carbonyl (C=O) groups is 1. The smallest absolute Gasteiger partial charge is 0.281 e. The van der Waals surface area contributed by atoms with E-state index in [1.54, 1.807) is 7.11 Å². The zero-order valence-corrected chi connectivity index (χ0v) is 14.6. The first-order chi connectivity index (χ1) is 11.0. The fourth-order valence-corrected chi connectivity index (χ4v) is 1.98. The quantitative estimate of drug-likeness (QED) is 0.790. The number of hydrogen-bond donors (Lipinski definition) is 1. The Kier molecular flexibility index (Phi) is 6.08. The molecule has 2 radical (unpaired) electrons. The fraction of sp³-hybridized carbons (Fsp3) is 0.375. The molecule has 0 aliphatic rings. The van der Waals surface area contributed by atoms with Crippen LogP contribution in [0.5, 0.6) is 11.5 Å². The molecule has 1 aromatic carbocycles. The van der Waals surface area contributed by atoms with E-state index >= 15 is 0 Å². The van der Waals surface area contributed by atoms with E-state index in [1.807, 2.05) is 18.2 Å². The minimum atomic E-state index is -0.191. The van der Waals surface area contributed by atoms with E-state index < -0.39 is 0 Å². The molecule has 1 N–H and O–H groups in total. The molecule has 0 spiro atoms. The Bertz CT molecular complexity index is 670. The molecule has 0 aliphatic heterocycles. The van der Waals surface area contributed by atoms with Gasteiger partial charge in [0.2, 0.25) is 5.89 Å². The van der Waals surface area contributed by atoms with Crippen LogP contribution >= 0.6 is 0 Å². The summed E-state index contributed by atoms with van der Waals surface area (Å²) in [6.45, 7) is 5.07. The second-order valence-electron chi connectivity index (χ2n) is 5.43. The lowest BCUT2D eigenvalue weighted by Crippen LogP contribution is -2.20. The van der Waals surface area contributed by atoms with Gasteiger partial charge in [-0.25, -0.2) is 4.98 Å². The number of nitrogens with zero attached hydrogens (tertiary/aromatic N) is 1. The molecule has 1 aromatic heterocycles. The summed E-state index contributed by atoms with van der Waals surface area (Å²) in [5.74, 6) is 2.19. The van der Waals surface area contributed by atoms with Crippen molar-refractivity contribution in [3.05, 3.63) is 30.2 Å². The molecular formula is C16H19AlN2O4. The Morgan fingerprint density at radius 2 is 2.17 bits per heavy atom. The number of amides is 1. The van der Waals surface area contributed by atoms with Crippen LogP contribution in [0.1, 0.15) is 19.5 Å². The lowest BCUT2D eigenvalue weighted by Gasteiger charge is -2.13. The molecule has 1 heterocycles. The molecule has 0 fully saturated rings. The lowest BCUT2D eigenvalue weighted by molar-refractivity contribution is 0.257. The van der Waals surface area contributed by atoms with Gasteiger partial charge in [-0.05, 0) is 24.1 Å². The van der Waals surface area contributed by atoms with Crippen molar-refractivity contribution in [2.24, 2.45) is 5.92 Å². The number of oxazole rings is 1. The van der Waals surface area contributed by atoms with Crippen molar-refractivity contribution in [1.29, 1.82) is 0 Å². The molecule has 0 unspecified atom stereocenters. The van der Waals surface area contributed by atoms with Gasteiger partial charge in [-0.15, -0.1) is 0 Å². The van der Waals surface area contributed by atoms with E-state index in [0.717, 1.165) is 5.56 Å². The minimum absolute atomic E-state index is 0.191. The molecule has 0 aliphatic carbocycles. The number of rotatable bonds is 7. The molecule has 0 saturated heterocycles. The third-order valence-electron chi connectivity index (χ3n) is 2.98. The monoisotopic (exact) mass is 330 g/mol. The van der Waals surface area contributed by atoms with Crippen molar-refractivity contribution in [3.63, 3.8) is 0 Å². The SMILES string of the molecule is COc1ccc(-c2nc(CN[C](=O)[Al])co2)cc1OCC(C)C. The van der Waals surface area contributed by atoms with Crippen LogP contribution < -0.4 is 14.8 Å². The van der Waals surface area contributed by atoms with Gasteiger partial charge in [-0.2, -0.15) is 0 Å². The molecule has 0 bridgehead atoms. The Labute approximate surface area is 143 Å². The topological polar surface area (TPSA) is 73.6 Å². The van der Waals surface area contributed by atoms with Crippen LogP contribution in [0, 0.1) is 5.92 Å². The molecule has 2 rings (SSSR count). The maximum absolute atomic E-state index is 10.9. The molecule has 1 amide bonds. The second kappa shape index (κ2) is 8.05. The summed E-state index contributed by atoms with van der Waals surface area (Å²) in [6, 6.07) is 5.51. The maximum atomic E-state index is 10.9. The summed E-state index contributed by atoms with van der Waals surface area (Å²) in [5, 5.41) is 2.65. The average molecular weight is 330 g/mol. The van der Waals surface area contributed by atoms with Crippen molar-refractivity contribution >= 4 is 21.1 Å². The van der Waals surface area contributed by atoms with Crippen LogP contribution in [0.2, 0.25) is 0 Å². The molecule has 6 nitrogen and oxygen atoms in total. The summed E-state index contributed by atoms with van der Waals surface area (Å²) in [5.41, 5.74) is 1.43. The Balaban J connectivity index is 2.18. The first-order valence-corrected chi connectivity index (χ1v) is 7.86. The standard InChI is InChI=1S/C16H19N2O4.Al/c1-11(2)8-21-15-6-12(4-5-14(15)20-3)16-18-13(9-22-16)7-17-10-19;/h4-6,9,11H,7-8H2,1-3H3,(H,17,19);. The summed E-state index contributed by atoms with van der Waals surface area (Å²) in [4.78, 5) is 15.3. The highest BCUT2D eigenvalue weighted by atomic mass is 27.0. The third-order valence-corrected chi connectivity index (χ3v) is 3.18. The number of benzene rings is 1. The molecule has 23 heavy (non-hydrogen) atoms. The number of aromatic nitrogens is 1. The van der Waals surface area contributed by atoms with Crippen molar-refractivity contribution < 1.29 is 18.7 Å². The normalized spacial score (nSPS) is 10.6. The number of carbonyl (C=O) groups excluding carboxylic acids is 1. The Morgan fingerprint density at radius 1 is 1.39 bits per heavy atom.